The topological polar surface area (TPSA) is 94.2 Å². The monoisotopic (exact) mass is 385 g/mol. The normalized spacial score (nSPS) is 25.4. The van der Waals surface area contributed by atoms with Gasteiger partial charge in [0, 0.05) is 6.04 Å². The molecule has 9 heteroatoms. The third-order valence-corrected chi connectivity index (χ3v) is 5.86. The summed E-state index contributed by atoms with van der Waals surface area (Å²) in [5.74, 6) is -0.316. The first-order valence-corrected chi connectivity index (χ1v) is 8.98. The summed E-state index contributed by atoms with van der Waals surface area (Å²) in [7, 11) is 0. The van der Waals surface area contributed by atoms with Crippen LogP contribution in [0.4, 0.5) is 13.2 Å². The zero-order chi connectivity index (χ0) is 19.9. The lowest BCUT2D eigenvalue weighted by Gasteiger charge is -2.28. The molecule has 2 fully saturated rings. The molecule has 0 saturated heterocycles. The van der Waals surface area contributed by atoms with Crippen LogP contribution in [0.15, 0.2) is 16.9 Å². The molecule has 1 heterocycles. The molecule has 3 N–H and O–H groups in total. The van der Waals surface area contributed by atoms with E-state index in [9.17, 15) is 27.6 Å². The van der Waals surface area contributed by atoms with Gasteiger partial charge in [0.2, 0.25) is 5.91 Å². The number of amides is 2. The van der Waals surface area contributed by atoms with Gasteiger partial charge in [-0.15, -0.1) is 0 Å². The Hall–Kier alpha value is -2.32. The summed E-state index contributed by atoms with van der Waals surface area (Å²) >= 11 is 0. The number of aromatic nitrogens is 1. The average Bonchev–Trinajstić information content (AvgIpc) is 3.18. The van der Waals surface area contributed by atoms with E-state index in [1.807, 2.05) is 6.92 Å². The van der Waals surface area contributed by atoms with Gasteiger partial charge in [-0.05, 0) is 56.1 Å². The smallest absolute Gasteiger partial charge is 0.365 e. The molecular weight excluding hydrogens is 363 g/mol. The second kappa shape index (κ2) is 7.01. The molecule has 2 saturated carbocycles. The van der Waals surface area contributed by atoms with E-state index in [0.717, 1.165) is 25.3 Å². The van der Waals surface area contributed by atoms with E-state index in [1.54, 1.807) is 0 Å². The van der Waals surface area contributed by atoms with Crippen LogP contribution in [0.3, 0.4) is 0 Å². The van der Waals surface area contributed by atoms with Gasteiger partial charge in [-0.1, -0.05) is 6.42 Å². The molecule has 2 amide bonds. The molecule has 1 aromatic rings. The molecule has 0 unspecified atom stereocenters. The van der Waals surface area contributed by atoms with E-state index in [0.29, 0.717) is 23.8 Å². The number of hydrogen-bond donors (Lipinski definition) is 2. The van der Waals surface area contributed by atoms with Gasteiger partial charge in [-0.3, -0.25) is 19.0 Å². The number of primary amides is 1. The third kappa shape index (κ3) is 3.86. The van der Waals surface area contributed by atoms with Crippen molar-refractivity contribution in [1.29, 1.82) is 0 Å². The van der Waals surface area contributed by atoms with Crippen molar-refractivity contribution in [2.75, 3.05) is 0 Å². The fraction of sp³-hybridized carbons (Fsp3) is 0.611. The second-order valence-electron chi connectivity index (χ2n) is 7.58. The molecule has 27 heavy (non-hydrogen) atoms. The van der Waals surface area contributed by atoms with Crippen LogP contribution in [0.5, 0.6) is 0 Å². The molecule has 2 aliphatic carbocycles. The van der Waals surface area contributed by atoms with E-state index in [-0.39, 0.29) is 10.6 Å². The lowest BCUT2D eigenvalue weighted by molar-refractivity contribution is -0.144. The maximum atomic E-state index is 13.2. The van der Waals surface area contributed by atoms with Crippen LogP contribution in [0.1, 0.15) is 48.7 Å². The molecule has 1 aromatic heterocycles. The van der Waals surface area contributed by atoms with Crippen molar-refractivity contribution in [3.8, 4) is 0 Å². The first-order valence-electron chi connectivity index (χ1n) is 8.98. The average molecular weight is 385 g/mol. The highest BCUT2D eigenvalue weighted by Gasteiger charge is 2.42. The number of carbonyl (C=O) groups is 2. The second-order valence-corrected chi connectivity index (χ2v) is 7.58. The summed E-state index contributed by atoms with van der Waals surface area (Å²) in [6.07, 6.45) is -0.369. The number of halogens is 3. The van der Waals surface area contributed by atoms with E-state index in [1.165, 1.54) is 6.42 Å². The highest BCUT2D eigenvalue weighted by Crippen LogP contribution is 2.49. The Morgan fingerprint density at radius 2 is 2.00 bits per heavy atom. The van der Waals surface area contributed by atoms with Gasteiger partial charge in [0.25, 0.3) is 11.5 Å². The molecule has 6 nitrogen and oxygen atoms in total. The highest BCUT2D eigenvalue weighted by molar-refractivity contribution is 5.92. The van der Waals surface area contributed by atoms with Crippen LogP contribution in [-0.2, 0) is 17.5 Å². The minimum atomic E-state index is -4.84. The lowest BCUT2D eigenvalue weighted by atomic mass is 9.84. The summed E-state index contributed by atoms with van der Waals surface area (Å²) in [5.41, 5.74) is 1.94. The predicted molar refractivity (Wildman–Crippen MR) is 90.8 cm³/mol. The highest BCUT2D eigenvalue weighted by atomic mass is 19.4. The zero-order valence-corrected chi connectivity index (χ0v) is 14.9. The first-order chi connectivity index (χ1) is 12.6. The number of pyridine rings is 1. The predicted octanol–water partition coefficient (Wildman–Crippen LogP) is 1.91. The van der Waals surface area contributed by atoms with Crippen molar-refractivity contribution in [1.82, 2.24) is 9.88 Å². The van der Waals surface area contributed by atoms with Crippen molar-refractivity contribution >= 4 is 11.8 Å². The van der Waals surface area contributed by atoms with Crippen LogP contribution in [0.25, 0.3) is 0 Å². The maximum absolute atomic E-state index is 13.2. The molecule has 4 atom stereocenters. The van der Waals surface area contributed by atoms with Gasteiger partial charge >= 0.3 is 6.18 Å². The van der Waals surface area contributed by atoms with E-state index < -0.39 is 41.4 Å². The van der Waals surface area contributed by atoms with Crippen LogP contribution < -0.4 is 16.6 Å². The van der Waals surface area contributed by atoms with Gasteiger partial charge in [0.05, 0.1) is 0 Å². The minimum Gasteiger partial charge on any atom is -0.365 e. The van der Waals surface area contributed by atoms with E-state index in [4.69, 9.17) is 5.73 Å². The lowest BCUT2D eigenvalue weighted by Crippen LogP contribution is -2.44. The molecule has 148 valence electrons. The summed E-state index contributed by atoms with van der Waals surface area (Å²) < 4.78 is 39.9. The Morgan fingerprint density at radius 3 is 2.52 bits per heavy atom. The van der Waals surface area contributed by atoms with Crippen LogP contribution in [0.2, 0.25) is 0 Å². The summed E-state index contributed by atoms with van der Waals surface area (Å²) in [6, 6.07) is 1.14. The van der Waals surface area contributed by atoms with Crippen molar-refractivity contribution in [2.45, 2.75) is 51.4 Å². The van der Waals surface area contributed by atoms with Crippen molar-refractivity contribution < 1.29 is 22.8 Å². The molecule has 0 spiro atoms. The number of nitrogens with one attached hydrogen (secondary N) is 1. The largest absolute Gasteiger partial charge is 0.431 e. The Morgan fingerprint density at radius 1 is 1.30 bits per heavy atom. The zero-order valence-electron chi connectivity index (χ0n) is 14.9. The molecular formula is C18H22F3N3O3. The summed E-state index contributed by atoms with van der Waals surface area (Å²) in [4.78, 5) is 35.9. The number of nitrogens with two attached hydrogens (primary N) is 1. The summed E-state index contributed by atoms with van der Waals surface area (Å²) in [5, 5.41) is 2.73. The Kier molecular flexibility index (Phi) is 5.05. The van der Waals surface area contributed by atoms with Gasteiger partial charge in [-0.25, -0.2) is 0 Å². The molecule has 2 aliphatic rings. The molecule has 0 aromatic carbocycles. The number of nitrogens with zero attached hydrogens (tertiary/aromatic N) is 1. The Bertz CT molecular complexity index is 818. The summed E-state index contributed by atoms with van der Waals surface area (Å²) in [6.45, 7) is 1.02. The fourth-order valence-corrected chi connectivity index (χ4v) is 4.63. The van der Waals surface area contributed by atoms with Gasteiger partial charge in [0.15, 0.2) is 0 Å². The van der Waals surface area contributed by atoms with Crippen molar-refractivity contribution in [3.05, 3.63) is 33.7 Å². The Balaban J connectivity index is 1.79. The van der Waals surface area contributed by atoms with Gasteiger partial charge < -0.3 is 11.1 Å². The third-order valence-electron chi connectivity index (χ3n) is 5.86. The number of rotatable bonds is 5. The molecule has 2 bridgehead atoms. The number of hydrogen-bond acceptors (Lipinski definition) is 3. The molecule has 0 aliphatic heterocycles. The maximum Gasteiger partial charge on any atom is 0.431 e. The molecule has 0 radical (unpaired) electrons. The van der Waals surface area contributed by atoms with Crippen molar-refractivity contribution in [2.24, 2.45) is 23.5 Å². The van der Waals surface area contributed by atoms with Crippen LogP contribution >= 0.6 is 0 Å². The standard InChI is InChI=1S/C18H22F3N3O3/c1-9(13-7-10-2-3-11(13)6-10)23-15(25)8-24-14(18(19,20)21)5-4-12(16(22)26)17(24)27/h4-5,9-11,13H,2-3,6-8H2,1H3,(H2,22,26)(H,23,25)/t9-,10-,11-,13-/m0/s1. The SMILES string of the molecule is C[C@H](NC(=O)Cn1c(C(F)(F)F)ccc(C(N)=O)c1=O)[C@@H]1C[C@H]2CC[C@H]1C2. The quantitative estimate of drug-likeness (QED) is 0.811. The Labute approximate surface area is 153 Å². The van der Waals surface area contributed by atoms with E-state index in [2.05, 4.69) is 5.32 Å². The number of alkyl halides is 3. The number of fused-ring (bicyclic) bond motifs is 2. The van der Waals surface area contributed by atoms with Crippen molar-refractivity contribution in [3.63, 3.8) is 0 Å². The number of carbonyl (C=O) groups excluding carboxylic acids is 2. The van der Waals surface area contributed by atoms with E-state index >= 15 is 0 Å². The van der Waals surface area contributed by atoms with Crippen LogP contribution in [0, 0.1) is 17.8 Å². The minimum absolute atomic E-state index is 0.183. The van der Waals surface area contributed by atoms with Crippen LogP contribution in [-0.4, -0.2) is 22.4 Å². The molecule has 3 rings (SSSR count). The first kappa shape index (κ1) is 19.4. The van der Waals surface area contributed by atoms with Gasteiger partial charge in [0.1, 0.15) is 17.8 Å². The fourth-order valence-electron chi connectivity index (χ4n) is 4.63. The van der Waals surface area contributed by atoms with Gasteiger partial charge in [-0.2, -0.15) is 13.2 Å².